The Balaban J connectivity index is 1.69. The molecule has 32 heavy (non-hydrogen) atoms. The van der Waals surface area contributed by atoms with Gasteiger partial charge in [-0.15, -0.1) is 0 Å². The van der Waals surface area contributed by atoms with Crippen molar-refractivity contribution in [3.8, 4) is 16.9 Å². The summed E-state index contributed by atoms with van der Waals surface area (Å²) in [5.41, 5.74) is 5.76. The number of amides is 1. The zero-order valence-corrected chi connectivity index (χ0v) is 19.3. The molecular formula is C26H21Cl2NO3. The van der Waals surface area contributed by atoms with Crippen molar-refractivity contribution in [3.63, 3.8) is 0 Å². The summed E-state index contributed by atoms with van der Waals surface area (Å²) in [4.78, 5) is 12.6. The van der Waals surface area contributed by atoms with E-state index in [-0.39, 0.29) is 5.91 Å². The number of halogens is 2. The second-order valence-corrected chi connectivity index (χ2v) is 8.33. The van der Waals surface area contributed by atoms with Gasteiger partial charge in [0.05, 0.1) is 13.4 Å². The molecule has 0 aliphatic carbocycles. The van der Waals surface area contributed by atoms with Crippen LogP contribution in [0.15, 0.2) is 71.4 Å². The van der Waals surface area contributed by atoms with E-state index in [4.69, 9.17) is 32.4 Å². The van der Waals surface area contributed by atoms with E-state index in [2.05, 4.69) is 5.32 Å². The monoisotopic (exact) mass is 465 g/mol. The van der Waals surface area contributed by atoms with Gasteiger partial charge in [-0.3, -0.25) is 4.79 Å². The lowest BCUT2D eigenvalue weighted by atomic mass is 9.99. The van der Waals surface area contributed by atoms with E-state index in [1.165, 1.54) is 0 Å². The van der Waals surface area contributed by atoms with Crippen LogP contribution in [0.4, 0.5) is 5.69 Å². The number of furan rings is 1. The second kappa shape index (κ2) is 9.11. The lowest BCUT2D eigenvalue weighted by Crippen LogP contribution is -2.08. The van der Waals surface area contributed by atoms with Crippen LogP contribution in [0.3, 0.4) is 0 Å². The first kappa shape index (κ1) is 22.0. The van der Waals surface area contributed by atoms with Crippen LogP contribution in [0.25, 0.3) is 27.7 Å². The minimum atomic E-state index is -0.255. The minimum absolute atomic E-state index is 0.255. The minimum Gasteiger partial charge on any atom is -0.496 e. The topological polar surface area (TPSA) is 51.5 Å². The molecule has 1 heterocycles. The van der Waals surface area contributed by atoms with E-state index in [0.29, 0.717) is 27.1 Å². The van der Waals surface area contributed by atoms with Crippen molar-refractivity contribution in [3.05, 3.63) is 88.1 Å². The van der Waals surface area contributed by atoms with Crippen LogP contribution >= 0.6 is 23.2 Å². The van der Waals surface area contributed by atoms with E-state index >= 15 is 0 Å². The summed E-state index contributed by atoms with van der Waals surface area (Å²) in [6.07, 6.45) is 3.25. The molecule has 0 aliphatic rings. The number of benzene rings is 3. The Bertz CT molecular complexity index is 1340. The number of methoxy groups -OCH3 is 1. The molecule has 0 unspecified atom stereocenters. The summed E-state index contributed by atoms with van der Waals surface area (Å²) < 4.78 is 11.3. The Labute approximate surface area is 196 Å². The molecule has 0 bridgehead atoms. The summed E-state index contributed by atoms with van der Waals surface area (Å²) in [6, 6.07) is 16.8. The zero-order valence-electron chi connectivity index (χ0n) is 17.8. The van der Waals surface area contributed by atoms with Crippen LogP contribution < -0.4 is 10.1 Å². The predicted molar refractivity (Wildman–Crippen MR) is 132 cm³/mol. The average Bonchev–Trinajstić information content (AvgIpc) is 3.18. The maximum atomic E-state index is 12.6. The first-order valence-corrected chi connectivity index (χ1v) is 10.7. The number of nitrogens with one attached hydrogen (secondary N) is 1. The van der Waals surface area contributed by atoms with Gasteiger partial charge in [0.25, 0.3) is 0 Å². The maximum Gasteiger partial charge on any atom is 0.248 e. The molecule has 0 saturated carbocycles. The number of allylic oxidation sites excluding steroid dienone is 1. The zero-order chi connectivity index (χ0) is 22.8. The molecule has 162 valence electrons. The molecule has 0 aliphatic heterocycles. The van der Waals surface area contributed by atoms with Crippen molar-refractivity contribution < 1.29 is 13.9 Å². The van der Waals surface area contributed by atoms with Crippen molar-refractivity contribution in [2.75, 3.05) is 12.4 Å². The molecule has 1 N–H and O–H groups in total. The van der Waals surface area contributed by atoms with Gasteiger partial charge in [0.1, 0.15) is 11.3 Å². The van der Waals surface area contributed by atoms with Crippen LogP contribution in [0.2, 0.25) is 10.0 Å². The Kier molecular flexibility index (Phi) is 6.26. The third-order valence-electron chi connectivity index (χ3n) is 5.26. The number of carbonyl (C=O) groups excluding carboxylic acids is 1. The van der Waals surface area contributed by atoms with Crippen molar-refractivity contribution in [1.29, 1.82) is 0 Å². The van der Waals surface area contributed by atoms with Crippen molar-refractivity contribution in [2.24, 2.45) is 0 Å². The van der Waals surface area contributed by atoms with Gasteiger partial charge in [-0.05, 0) is 60.9 Å². The van der Waals surface area contributed by atoms with Gasteiger partial charge in [-0.25, -0.2) is 0 Å². The fourth-order valence-electron chi connectivity index (χ4n) is 3.51. The highest BCUT2D eigenvalue weighted by atomic mass is 35.5. The fourth-order valence-corrected chi connectivity index (χ4v) is 3.81. The van der Waals surface area contributed by atoms with E-state index in [1.54, 1.807) is 25.5 Å². The van der Waals surface area contributed by atoms with E-state index in [9.17, 15) is 4.79 Å². The molecule has 1 amide bonds. The Morgan fingerprint density at radius 3 is 2.50 bits per heavy atom. The number of carbonyl (C=O) groups is 1. The van der Waals surface area contributed by atoms with Gasteiger partial charge in [0, 0.05) is 44.4 Å². The normalized spacial score (nSPS) is 11.6. The van der Waals surface area contributed by atoms with Gasteiger partial charge in [-0.2, -0.15) is 0 Å². The number of fused-ring (bicyclic) bond motifs is 1. The van der Waals surface area contributed by atoms with Crippen LogP contribution in [0, 0.1) is 6.92 Å². The molecule has 1 aromatic heterocycles. The smallest absolute Gasteiger partial charge is 0.248 e. The summed E-state index contributed by atoms with van der Waals surface area (Å²) in [7, 11) is 1.59. The summed E-state index contributed by atoms with van der Waals surface area (Å²) >= 11 is 12.2. The van der Waals surface area contributed by atoms with Gasteiger partial charge in [0.15, 0.2) is 0 Å². The van der Waals surface area contributed by atoms with E-state index < -0.39 is 0 Å². The highest BCUT2D eigenvalue weighted by Crippen LogP contribution is 2.37. The Morgan fingerprint density at radius 2 is 1.81 bits per heavy atom. The van der Waals surface area contributed by atoms with Crippen LogP contribution in [-0.4, -0.2) is 13.0 Å². The molecule has 0 fully saturated rings. The number of hydrogen-bond donors (Lipinski definition) is 1. The summed E-state index contributed by atoms with van der Waals surface area (Å²) in [5.74, 6) is 0.365. The van der Waals surface area contributed by atoms with Crippen molar-refractivity contribution in [2.45, 2.75) is 13.8 Å². The standard InChI is InChI=1S/C26H21Cl2NO3/c1-15-4-9-19(11-23(15)28)29-26(30)10-16(2)20-12-21-22(17-5-7-18(27)8-6-17)14-32-25(21)13-24(20)31-3/h4-14H,1-3H3,(H,29,30)/b16-10+. The fraction of sp³-hybridized carbons (Fsp3) is 0.115. The first-order chi connectivity index (χ1) is 15.4. The first-order valence-electron chi connectivity index (χ1n) is 9.96. The van der Waals surface area contributed by atoms with E-state index in [0.717, 1.165) is 33.2 Å². The molecule has 0 radical (unpaired) electrons. The van der Waals surface area contributed by atoms with Gasteiger partial charge < -0.3 is 14.5 Å². The summed E-state index contributed by atoms with van der Waals surface area (Å²) in [5, 5.41) is 5.04. The van der Waals surface area contributed by atoms with Gasteiger partial charge >= 0.3 is 0 Å². The average molecular weight is 466 g/mol. The van der Waals surface area contributed by atoms with Gasteiger partial charge in [-0.1, -0.05) is 41.4 Å². The molecule has 4 aromatic rings. The molecule has 4 rings (SSSR count). The SMILES string of the molecule is COc1cc2occ(-c3ccc(Cl)cc3)c2cc1/C(C)=C/C(=O)Nc1ccc(C)c(Cl)c1. The summed E-state index contributed by atoms with van der Waals surface area (Å²) in [6.45, 7) is 3.78. The molecule has 3 aromatic carbocycles. The molecule has 6 heteroatoms. The van der Waals surface area contributed by atoms with Crippen molar-refractivity contribution in [1.82, 2.24) is 0 Å². The Morgan fingerprint density at radius 1 is 1.06 bits per heavy atom. The number of aryl methyl sites for hydroxylation is 1. The molecular weight excluding hydrogens is 445 g/mol. The predicted octanol–water partition coefficient (Wildman–Crippen LogP) is 7.77. The molecule has 0 spiro atoms. The third kappa shape index (κ3) is 4.52. The number of ether oxygens (including phenoxy) is 1. The van der Waals surface area contributed by atoms with Crippen LogP contribution in [0.5, 0.6) is 5.75 Å². The van der Waals surface area contributed by atoms with Crippen LogP contribution in [0.1, 0.15) is 18.1 Å². The molecule has 0 atom stereocenters. The molecule has 0 saturated heterocycles. The third-order valence-corrected chi connectivity index (χ3v) is 5.92. The highest BCUT2D eigenvalue weighted by Gasteiger charge is 2.15. The Hall–Kier alpha value is -3.21. The second-order valence-electron chi connectivity index (χ2n) is 7.49. The highest BCUT2D eigenvalue weighted by molar-refractivity contribution is 6.31. The van der Waals surface area contributed by atoms with E-state index in [1.807, 2.05) is 62.4 Å². The number of anilines is 1. The number of hydrogen-bond acceptors (Lipinski definition) is 3. The lowest BCUT2D eigenvalue weighted by Gasteiger charge is -2.10. The molecule has 4 nitrogen and oxygen atoms in total. The largest absolute Gasteiger partial charge is 0.496 e. The van der Waals surface area contributed by atoms with Crippen LogP contribution in [-0.2, 0) is 4.79 Å². The number of rotatable bonds is 5. The van der Waals surface area contributed by atoms with Gasteiger partial charge in [0.2, 0.25) is 5.91 Å². The maximum absolute atomic E-state index is 12.6. The quantitative estimate of drug-likeness (QED) is 0.306. The lowest BCUT2D eigenvalue weighted by molar-refractivity contribution is -0.111. The van der Waals surface area contributed by atoms with Crippen molar-refractivity contribution >= 4 is 51.3 Å².